The molecule has 1 amide bonds. The number of hydrogen-bond acceptors (Lipinski definition) is 5. The van der Waals surface area contributed by atoms with E-state index in [1.165, 1.54) is 0 Å². The highest BCUT2D eigenvalue weighted by Crippen LogP contribution is 2.38. The zero-order chi connectivity index (χ0) is 20.0. The summed E-state index contributed by atoms with van der Waals surface area (Å²) in [7, 11) is 1.55. The quantitative estimate of drug-likeness (QED) is 0.819. The number of methoxy groups -OCH3 is 1. The van der Waals surface area contributed by atoms with Gasteiger partial charge < -0.3 is 19.9 Å². The monoisotopic (exact) mass is 394 g/mol. The summed E-state index contributed by atoms with van der Waals surface area (Å²) in [5, 5.41) is 6.54. The maximum absolute atomic E-state index is 13.0. The highest BCUT2D eigenvalue weighted by atomic mass is 16.5. The Morgan fingerprint density at radius 2 is 2.24 bits per heavy atom. The van der Waals surface area contributed by atoms with Crippen molar-refractivity contribution in [1.82, 2.24) is 20.2 Å². The number of piperidine rings is 1. The molecule has 3 atom stereocenters. The molecule has 1 saturated heterocycles. The molecule has 2 aromatic rings. The topological polar surface area (TPSA) is 85.2 Å². The molecule has 0 spiro atoms. The second-order valence-electron chi connectivity index (χ2n) is 8.29. The van der Waals surface area contributed by atoms with Crippen molar-refractivity contribution in [2.45, 2.75) is 37.6 Å². The summed E-state index contributed by atoms with van der Waals surface area (Å²) < 4.78 is 7.29. The van der Waals surface area contributed by atoms with Crippen LogP contribution < -0.4 is 20.9 Å². The number of ether oxygens (including phenoxy) is 1. The van der Waals surface area contributed by atoms with Crippen LogP contribution in [0.3, 0.4) is 0 Å². The van der Waals surface area contributed by atoms with Crippen molar-refractivity contribution in [2.75, 3.05) is 26.7 Å². The van der Waals surface area contributed by atoms with E-state index in [-0.39, 0.29) is 17.5 Å². The van der Waals surface area contributed by atoms with Crippen LogP contribution in [0, 0.1) is 5.92 Å². The fourth-order valence-corrected chi connectivity index (χ4v) is 5.23. The van der Waals surface area contributed by atoms with Crippen molar-refractivity contribution < 1.29 is 9.53 Å². The molecule has 2 N–H and O–H groups in total. The molecular weight excluding hydrogens is 368 g/mol. The largest absolute Gasteiger partial charge is 0.480 e. The minimum atomic E-state index is -0.194. The average Bonchev–Trinajstić information content (AvgIpc) is 3.20. The lowest BCUT2D eigenvalue weighted by molar-refractivity contribution is 0.0928. The number of carbonyl (C=O) groups is 1. The number of nitrogens with zero attached hydrogens (tertiary/aromatic N) is 2. The third kappa shape index (κ3) is 3.13. The molecule has 0 radical (unpaired) electrons. The molecule has 0 saturated carbocycles. The predicted octanol–water partition coefficient (Wildman–Crippen LogP) is 1.42. The summed E-state index contributed by atoms with van der Waals surface area (Å²) in [4.78, 5) is 30.2. The Morgan fingerprint density at radius 1 is 1.34 bits per heavy atom. The number of carbonyl (C=O) groups excluding carboxylic acids is 1. The third-order valence-electron chi connectivity index (χ3n) is 6.63. The van der Waals surface area contributed by atoms with Crippen molar-refractivity contribution in [2.24, 2.45) is 5.92 Å². The van der Waals surface area contributed by atoms with Gasteiger partial charge in [-0.1, -0.05) is 6.07 Å². The number of fused-ring (bicyclic) bond motifs is 5. The fourth-order valence-electron chi connectivity index (χ4n) is 5.23. The second-order valence-corrected chi connectivity index (χ2v) is 8.29. The molecule has 7 nitrogen and oxygen atoms in total. The van der Waals surface area contributed by atoms with Gasteiger partial charge in [-0.15, -0.1) is 0 Å². The van der Waals surface area contributed by atoms with Gasteiger partial charge >= 0.3 is 0 Å². The van der Waals surface area contributed by atoms with Crippen molar-refractivity contribution in [3.05, 3.63) is 57.1 Å². The van der Waals surface area contributed by atoms with E-state index in [9.17, 15) is 9.59 Å². The Morgan fingerprint density at radius 3 is 3.10 bits per heavy atom. The summed E-state index contributed by atoms with van der Waals surface area (Å²) in [6.45, 7) is 2.17. The van der Waals surface area contributed by atoms with Crippen LogP contribution in [0.2, 0.25) is 0 Å². The minimum Gasteiger partial charge on any atom is -0.480 e. The summed E-state index contributed by atoms with van der Waals surface area (Å²) in [6, 6.07) is 7.35. The maximum Gasteiger partial charge on any atom is 0.256 e. The number of amides is 1. The smallest absolute Gasteiger partial charge is 0.256 e. The normalized spacial score (nSPS) is 24.5. The lowest BCUT2D eigenvalue weighted by Crippen LogP contribution is -2.50. The Balaban J connectivity index is 1.41. The summed E-state index contributed by atoms with van der Waals surface area (Å²) in [6.07, 6.45) is 3.99. The van der Waals surface area contributed by atoms with Gasteiger partial charge in [0.2, 0.25) is 5.88 Å². The summed E-state index contributed by atoms with van der Waals surface area (Å²) >= 11 is 0. The van der Waals surface area contributed by atoms with E-state index in [2.05, 4.69) is 15.6 Å². The van der Waals surface area contributed by atoms with Crippen LogP contribution in [-0.4, -0.2) is 42.2 Å². The number of pyridine rings is 2. The molecule has 7 heteroatoms. The third-order valence-corrected chi connectivity index (χ3v) is 6.63. The molecule has 29 heavy (non-hydrogen) atoms. The van der Waals surface area contributed by atoms with Gasteiger partial charge in [0.05, 0.1) is 13.2 Å². The lowest BCUT2D eigenvalue weighted by Gasteiger charge is -2.43. The van der Waals surface area contributed by atoms with E-state index >= 15 is 0 Å². The van der Waals surface area contributed by atoms with Crippen LogP contribution >= 0.6 is 0 Å². The van der Waals surface area contributed by atoms with Gasteiger partial charge in [0.15, 0.2) is 0 Å². The highest BCUT2D eigenvalue weighted by molar-refractivity contribution is 5.96. The first kappa shape index (κ1) is 18.4. The van der Waals surface area contributed by atoms with E-state index in [0.29, 0.717) is 29.8 Å². The second kappa shape index (κ2) is 7.30. The molecule has 2 aromatic heterocycles. The van der Waals surface area contributed by atoms with E-state index in [0.717, 1.165) is 55.7 Å². The molecule has 3 aliphatic rings. The number of aryl methyl sites for hydroxylation is 2. The average molecular weight is 394 g/mol. The first-order valence-electron chi connectivity index (χ1n) is 10.4. The van der Waals surface area contributed by atoms with E-state index in [4.69, 9.17) is 4.74 Å². The zero-order valence-corrected chi connectivity index (χ0v) is 16.6. The lowest BCUT2D eigenvalue weighted by atomic mass is 9.79. The van der Waals surface area contributed by atoms with Crippen LogP contribution in [0.5, 0.6) is 5.88 Å². The first-order chi connectivity index (χ1) is 14.2. The first-order valence-corrected chi connectivity index (χ1v) is 10.4. The number of nitrogens with one attached hydrogen (secondary N) is 2. The maximum atomic E-state index is 13.0. The Kier molecular flexibility index (Phi) is 4.62. The van der Waals surface area contributed by atoms with Gasteiger partial charge in [-0.25, -0.2) is 4.98 Å². The van der Waals surface area contributed by atoms with Crippen LogP contribution in [0.4, 0.5) is 0 Å². The van der Waals surface area contributed by atoms with E-state index in [1.807, 2.05) is 22.8 Å². The number of hydrogen-bond donors (Lipinski definition) is 2. The molecule has 0 unspecified atom stereocenters. The number of rotatable bonds is 4. The summed E-state index contributed by atoms with van der Waals surface area (Å²) in [5.74, 6) is 0.863. The van der Waals surface area contributed by atoms with Gasteiger partial charge in [0.25, 0.3) is 11.5 Å². The van der Waals surface area contributed by atoms with E-state index in [1.54, 1.807) is 13.2 Å². The molecule has 1 fully saturated rings. The SMILES string of the molecule is COc1nc2c(cc1C(=O)NC[C@H]1[C@@H]3CNC[C@@H](C3)c3cccc(=O)n31)CCC2. The predicted molar refractivity (Wildman–Crippen MR) is 109 cm³/mol. The van der Waals surface area contributed by atoms with Crippen molar-refractivity contribution in [3.63, 3.8) is 0 Å². The van der Waals surface area contributed by atoms with Crippen LogP contribution in [-0.2, 0) is 12.8 Å². The van der Waals surface area contributed by atoms with Crippen LogP contribution in [0.25, 0.3) is 0 Å². The Hall–Kier alpha value is -2.67. The van der Waals surface area contributed by atoms with Crippen molar-refractivity contribution in [1.29, 1.82) is 0 Å². The van der Waals surface area contributed by atoms with Crippen LogP contribution in [0.15, 0.2) is 29.1 Å². The molecule has 2 aliphatic heterocycles. The van der Waals surface area contributed by atoms with Gasteiger partial charge in [-0.05, 0) is 49.3 Å². The van der Waals surface area contributed by atoms with E-state index < -0.39 is 0 Å². The van der Waals surface area contributed by atoms with Crippen LogP contribution in [0.1, 0.15) is 52.1 Å². The zero-order valence-electron chi connectivity index (χ0n) is 16.6. The molecule has 0 aromatic carbocycles. The summed E-state index contributed by atoms with van der Waals surface area (Å²) in [5.41, 5.74) is 3.72. The molecular formula is C22H26N4O3. The van der Waals surface area contributed by atoms with Gasteiger partial charge in [-0.2, -0.15) is 0 Å². The molecule has 4 heterocycles. The highest BCUT2D eigenvalue weighted by Gasteiger charge is 2.38. The minimum absolute atomic E-state index is 0.00938. The molecule has 2 bridgehead atoms. The van der Waals surface area contributed by atoms with Gasteiger partial charge in [-0.3, -0.25) is 9.59 Å². The standard InChI is InChI=1S/C22H26N4O3/c1-29-22-16(9-13-4-2-5-17(13)25-22)21(28)24-12-19-15-8-14(10-23-11-15)18-6-3-7-20(27)26(18)19/h3,6-7,9,14-15,19,23H,2,4-5,8,10-12H2,1H3,(H,24,28)/t14-,15+,19+/m1/s1. The molecule has 5 rings (SSSR count). The molecule has 152 valence electrons. The Labute approximate surface area is 169 Å². The number of aromatic nitrogens is 2. The Bertz CT molecular complexity index is 1020. The van der Waals surface area contributed by atoms with Gasteiger partial charge in [0.1, 0.15) is 5.56 Å². The fraction of sp³-hybridized carbons (Fsp3) is 0.500. The van der Waals surface area contributed by atoms with Gasteiger partial charge in [0, 0.05) is 43.0 Å². The van der Waals surface area contributed by atoms with Crippen molar-refractivity contribution >= 4 is 5.91 Å². The van der Waals surface area contributed by atoms with Crippen molar-refractivity contribution in [3.8, 4) is 5.88 Å². The molecule has 1 aliphatic carbocycles.